The van der Waals surface area contributed by atoms with Crippen molar-refractivity contribution in [3.8, 4) is 0 Å². The van der Waals surface area contributed by atoms with Gasteiger partial charge in [-0.3, -0.25) is 4.79 Å². The molecule has 0 aromatic heterocycles. The molecule has 0 saturated heterocycles. The van der Waals surface area contributed by atoms with Gasteiger partial charge in [0.1, 0.15) is 0 Å². The van der Waals surface area contributed by atoms with Gasteiger partial charge in [-0.25, -0.2) is 0 Å². The minimum absolute atomic E-state index is 0.436. The van der Waals surface area contributed by atoms with E-state index in [1.54, 1.807) is 6.29 Å². The Kier molecular flexibility index (Phi) is 7.03. The molecular weight excluding hydrogens is 212 g/mol. The van der Waals surface area contributed by atoms with E-state index >= 15 is 0 Å². The molecule has 0 aromatic carbocycles. The van der Waals surface area contributed by atoms with Crippen molar-refractivity contribution in [1.29, 1.82) is 0 Å². The fourth-order valence-electron chi connectivity index (χ4n) is 1.80. The van der Waals surface area contributed by atoms with Crippen LogP contribution in [0.1, 0.15) is 44.9 Å². The second kappa shape index (κ2) is 8.12. The van der Waals surface area contributed by atoms with Crippen molar-refractivity contribution in [2.75, 3.05) is 6.61 Å². The summed E-state index contributed by atoms with van der Waals surface area (Å²) in [5, 5.41) is -0.436. The van der Waals surface area contributed by atoms with E-state index in [-0.39, 0.29) is 0 Å². The van der Waals surface area contributed by atoms with Gasteiger partial charge in [-0.05, 0) is 51.4 Å². The average Bonchev–Trinajstić information content (AvgIpc) is 2.29. The van der Waals surface area contributed by atoms with E-state index in [0.717, 1.165) is 19.4 Å². The van der Waals surface area contributed by atoms with Gasteiger partial charge in [-0.1, -0.05) is 0 Å². The quantitative estimate of drug-likeness (QED) is 0.497. The summed E-state index contributed by atoms with van der Waals surface area (Å²) in [6.07, 6.45) is 11.9. The smallest absolute Gasteiger partial charge is 0.217 e. The summed E-state index contributed by atoms with van der Waals surface area (Å²) in [6.45, 7) is 0.799. The number of carbonyl (C=O) groups excluding carboxylic acids is 1. The molecule has 0 aliphatic heterocycles. The van der Waals surface area contributed by atoms with Gasteiger partial charge in [-0.15, -0.1) is 11.6 Å². The van der Waals surface area contributed by atoms with Crippen LogP contribution in [0.3, 0.4) is 0 Å². The predicted molar refractivity (Wildman–Crippen MR) is 61.7 cm³/mol. The van der Waals surface area contributed by atoms with Crippen LogP contribution in [-0.2, 0) is 9.53 Å². The molecule has 0 spiro atoms. The zero-order valence-electron chi connectivity index (χ0n) is 9.08. The molecule has 1 fully saturated rings. The fraction of sp³-hybridized carbons (Fsp3) is 0.833. The van der Waals surface area contributed by atoms with Gasteiger partial charge in [0.05, 0.1) is 11.5 Å². The molecule has 1 aliphatic rings. The Morgan fingerprint density at radius 2 is 2.13 bits per heavy atom. The maximum atomic E-state index is 10.1. The minimum Gasteiger partial charge on any atom is -0.378 e. The number of unbranched alkanes of at least 4 members (excludes halogenated alkanes) is 1. The summed E-state index contributed by atoms with van der Waals surface area (Å²) in [5.74, 6) is 0. The van der Waals surface area contributed by atoms with E-state index in [9.17, 15) is 4.79 Å². The summed E-state index contributed by atoms with van der Waals surface area (Å²) < 4.78 is 5.74. The van der Waals surface area contributed by atoms with E-state index < -0.39 is 5.38 Å². The van der Waals surface area contributed by atoms with Crippen molar-refractivity contribution in [2.45, 2.75) is 56.4 Å². The monoisotopic (exact) mass is 230 g/mol. The van der Waals surface area contributed by atoms with E-state index in [1.165, 1.54) is 25.7 Å². The molecule has 2 radical (unpaired) electrons. The number of halogens is 1. The molecule has 1 unspecified atom stereocenters. The number of hydrogen-bond acceptors (Lipinski definition) is 2. The molecule has 0 amide bonds. The zero-order valence-corrected chi connectivity index (χ0v) is 9.84. The van der Waals surface area contributed by atoms with E-state index in [1.807, 2.05) is 0 Å². The van der Waals surface area contributed by atoms with E-state index in [4.69, 9.17) is 16.3 Å². The number of hydrogen-bond donors (Lipinski definition) is 0. The Labute approximate surface area is 97.3 Å². The molecule has 0 N–H and O–H groups in total. The van der Waals surface area contributed by atoms with E-state index in [2.05, 4.69) is 6.42 Å². The first-order valence-electron chi connectivity index (χ1n) is 5.78. The van der Waals surface area contributed by atoms with Crippen molar-refractivity contribution in [1.82, 2.24) is 0 Å². The van der Waals surface area contributed by atoms with Crippen LogP contribution >= 0.6 is 11.6 Å². The lowest BCUT2D eigenvalue weighted by Gasteiger charge is -2.21. The van der Waals surface area contributed by atoms with E-state index in [0.29, 0.717) is 12.5 Å². The number of ether oxygens (including phenoxy) is 1. The lowest BCUT2D eigenvalue weighted by Crippen LogP contribution is -2.17. The maximum absolute atomic E-state index is 10.1. The second-order valence-electron chi connectivity index (χ2n) is 4.02. The maximum Gasteiger partial charge on any atom is 0.217 e. The van der Waals surface area contributed by atoms with Crippen molar-refractivity contribution in [3.05, 3.63) is 6.42 Å². The lowest BCUT2D eigenvalue weighted by atomic mass is 9.98. The third-order valence-electron chi connectivity index (χ3n) is 2.72. The van der Waals surface area contributed by atoms with Gasteiger partial charge in [0.25, 0.3) is 0 Å². The largest absolute Gasteiger partial charge is 0.378 e. The first-order valence-corrected chi connectivity index (χ1v) is 6.21. The molecule has 15 heavy (non-hydrogen) atoms. The van der Waals surface area contributed by atoms with Crippen LogP contribution in [0.25, 0.3) is 0 Å². The van der Waals surface area contributed by atoms with Crippen molar-refractivity contribution in [3.63, 3.8) is 0 Å². The van der Waals surface area contributed by atoms with Crippen LogP contribution in [0.15, 0.2) is 0 Å². The zero-order chi connectivity index (χ0) is 10.9. The van der Waals surface area contributed by atoms with Gasteiger partial charge in [0.2, 0.25) is 6.29 Å². The summed E-state index contributed by atoms with van der Waals surface area (Å²) >= 11 is 5.62. The molecule has 3 heteroatoms. The SMILES string of the molecule is O=[C]C(Cl)CCCCOC1CC[CH]CC1. The third-order valence-corrected chi connectivity index (χ3v) is 3.03. The standard InChI is InChI=1S/C12H19ClO2/c13-11(10-14)6-4-5-9-15-12-7-2-1-3-8-12/h1,11-12H,2-9H2. The van der Waals surface area contributed by atoms with Crippen LogP contribution in [0, 0.1) is 6.42 Å². The van der Waals surface area contributed by atoms with Gasteiger partial charge in [0, 0.05) is 6.61 Å². The van der Waals surface area contributed by atoms with Crippen molar-refractivity contribution >= 4 is 17.9 Å². The first-order chi connectivity index (χ1) is 7.33. The molecule has 0 aromatic rings. The second-order valence-corrected chi connectivity index (χ2v) is 4.54. The highest BCUT2D eigenvalue weighted by atomic mass is 35.5. The van der Waals surface area contributed by atoms with Crippen LogP contribution in [0.5, 0.6) is 0 Å². The Morgan fingerprint density at radius 1 is 1.40 bits per heavy atom. The number of alkyl halides is 1. The number of rotatable bonds is 7. The Balaban J connectivity index is 1.89. The average molecular weight is 231 g/mol. The van der Waals surface area contributed by atoms with Crippen LogP contribution in [-0.4, -0.2) is 24.4 Å². The molecule has 1 saturated carbocycles. The van der Waals surface area contributed by atoms with Crippen molar-refractivity contribution < 1.29 is 9.53 Å². The molecule has 1 aliphatic carbocycles. The first kappa shape index (κ1) is 13.0. The van der Waals surface area contributed by atoms with Crippen LogP contribution < -0.4 is 0 Å². The molecule has 1 rings (SSSR count). The predicted octanol–water partition coefficient (Wildman–Crippen LogP) is 3.04. The van der Waals surface area contributed by atoms with Gasteiger partial charge >= 0.3 is 0 Å². The Morgan fingerprint density at radius 3 is 2.80 bits per heavy atom. The fourth-order valence-corrected chi connectivity index (χ4v) is 1.95. The minimum atomic E-state index is -0.436. The van der Waals surface area contributed by atoms with Gasteiger partial charge in [-0.2, -0.15) is 0 Å². The van der Waals surface area contributed by atoms with Gasteiger partial charge < -0.3 is 4.74 Å². The Hall–Kier alpha value is -0.0800. The molecule has 1 atom stereocenters. The highest BCUT2D eigenvalue weighted by Crippen LogP contribution is 2.19. The Bertz CT molecular complexity index is 167. The molecule has 86 valence electrons. The molecular formula is C12H19ClO2. The topological polar surface area (TPSA) is 26.3 Å². The van der Waals surface area contributed by atoms with Crippen molar-refractivity contribution in [2.24, 2.45) is 0 Å². The third kappa shape index (κ3) is 6.16. The summed E-state index contributed by atoms with van der Waals surface area (Å²) in [4.78, 5) is 10.1. The highest BCUT2D eigenvalue weighted by Gasteiger charge is 2.13. The summed E-state index contributed by atoms with van der Waals surface area (Å²) in [5.41, 5.74) is 0. The summed E-state index contributed by atoms with van der Waals surface area (Å²) in [6, 6.07) is 0. The summed E-state index contributed by atoms with van der Waals surface area (Å²) in [7, 11) is 0. The van der Waals surface area contributed by atoms with Crippen LogP contribution in [0.4, 0.5) is 0 Å². The molecule has 0 heterocycles. The molecule has 2 nitrogen and oxygen atoms in total. The van der Waals surface area contributed by atoms with Gasteiger partial charge in [0.15, 0.2) is 0 Å². The van der Waals surface area contributed by atoms with Crippen LogP contribution in [0.2, 0.25) is 0 Å². The highest BCUT2D eigenvalue weighted by molar-refractivity contribution is 6.27. The molecule has 0 bridgehead atoms. The lowest BCUT2D eigenvalue weighted by molar-refractivity contribution is 0.0327. The normalized spacial score (nSPS) is 20.1.